The molecule has 130 valence electrons. The summed E-state index contributed by atoms with van der Waals surface area (Å²) in [6, 6.07) is 3.87. The van der Waals surface area contributed by atoms with E-state index in [-0.39, 0.29) is 30.1 Å². The molecule has 0 fully saturated rings. The van der Waals surface area contributed by atoms with Crippen LogP contribution in [0.4, 0.5) is 8.78 Å². The Morgan fingerprint density at radius 3 is 2.65 bits per heavy atom. The molecule has 0 aliphatic rings. The van der Waals surface area contributed by atoms with Crippen molar-refractivity contribution in [1.29, 1.82) is 0 Å². The third-order valence-corrected chi connectivity index (χ3v) is 5.33. The first-order valence-corrected chi connectivity index (χ1v) is 9.02. The SMILES string of the molecule is CCS(=O)(=O)N(C)CCCNC(=O)CCc1cccc(F)c1F. The highest BCUT2D eigenvalue weighted by atomic mass is 32.2. The molecule has 1 amide bonds. The van der Waals surface area contributed by atoms with Gasteiger partial charge in [0.25, 0.3) is 0 Å². The van der Waals surface area contributed by atoms with Crippen LogP contribution in [-0.2, 0) is 21.2 Å². The third-order valence-electron chi connectivity index (χ3n) is 3.46. The smallest absolute Gasteiger partial charge is 0.220 e. The van der Waals surface area contributed by atoms with Crippen LogP contribution in [0.1, 0.15) is 25.3 Å². The third kappa shape index (κ3) is 6.23. The highest BCUT2D eigenvalue weighted by Crippen LogP contribution is 2.13. The number of carbonyl (C=O) groups is 1. The van der Waals surface area contributed by atoms with Crippen LogP contribution in [0.25, 0.3) is 0 Å². The summed E-state index contributed by atoms with van der Waals surface area (Å²) in [5.41, 5.74) is 0.161. The topological polar surface area (TPSA) is 66.5 Å². The van der Waals surface area contributed by atoms with Crippen molar-refractivity contribution in [2.24, 2.45) is 0 Å². The van der Waals surface area contributed by atoms with Gasteiger partial charge in [0.2, 0.25) is 15.9 Å². The summed E-state index contributed by atoms with van der Waals surface area (Å²) in [4.78, 5) is 11.7. The molecule has 0 bridgehead atoms. The van der Waals surface area contributed by atoms with E-state index in [0.29, 0.717) is 19.5 Å². The van der Waals surface area contributed by atoms with E-state index in [9.17, 15) is 22.0 Å². The van der Waals surface area contributed by atoms with E-state index >= 15 is 0 Å². The van der Waals surface area contributed by atoms with Crippen LogP contribution in [0.15, 0.2) is 18.2 Å². The molecule has 5 nitrogen and oxygen atoms in total. The normalized spacial score (nSPS) is 11.7. The number of hydrogen-bond acceptors (Lipinski definition) is 3. The minimum Gasteiger partial charge on any atom is -0.356 e. The quantitative estimate of drug-likeness (QED) is 0.691. The zero-order chi connectivity index (χ0) is 17.5. The maximum Gasteiger partial charge on any atom is 0.220 e. The second kappa shape index (κ2) is 8.93. The molecule has 0 saturated heterocycles. The molecule has 1 rings (SSSR count). The van der Waals surface area contributed by atoms with Crippen molar-refractivity contribution in [2.75, 3.05) is 25.9 Å². The van der Waals surface area contributed by atoms with E-state index in [4.69, 9.17) is 0 Å². The summed E-state index contributed by atoms with van der Waals surface area (Å²) in [6.45, 7) is 2.21. The van der Waals surface area contributed by atoms with E-state index in [1.807, 2.05) is 0 Å². The molecule has 1 aromatic rings. The van der Waals surface area contributed by atoms with Crippen LogP contribution in [-0.4, -0.2) is 44.5 Å². The Kier molecular flexibility index (Phi) is 7.57. The summed E-state index contributed by atoms with van der Waals surface area (Å²) in [6.07, 6.45) is 0.638. The van der Waals surface area contributed by atoms with Crippen LogP contribution in [0.5, 0.6) is 0 Å². The highest BCUT2D eigenvalue weighted by Gasteiger charge is 2.14. The molecule has 1 N–H and O–H groups in total. The van der Waals surface area contributed by atoms with Gasteiger partial charge in [-0.1, -0.05) is 12.1 Å². The molecule has 0 radical (unpaired) electrons. The number of carbonyl (C=O) groups excluding carboxylic acids is 1. The van der Waals surface area contributed by atoms with E-state index in [1.54, 1.807) is 6.92 Å². The fraction of sp³-hybridized carbons (Fsp3) is 0.533. The fourth-order valence-corrected chi connectivity index (χ4v) is 2.82. The molecule has 0 heterocycles. The van der Waals surface area contributed by atoms with Gasteiger partial charge in [-0.25, -0.2) is 21.5 Å². The van der Waals surface area contributed by atoms with Crippen molar-refractivity contribution in [2.45, 2.75) is 26.2 Å². The van der Waals surface area contributed by atoms with E-state index in [1.165, 1.54) is 23.5 Å². The standard InChI is InChI=1S/C15H22F2N2O3S/c1-3-23(21,22)19(2)11-5-10-18-14(20)9-8-12-6-4-7-13(16)15(12)17/h4,6-7H,3,5,8-11H2,1-2H3,(H,18,20). The zero-order valence-electron chi connectivity index (χ0n) is 13.3. The molecule has 0 aliphatic carbocycles. The molecular weight excluding hydrogens is 326 g/mol. The second-order valence-electron chi connectivity index (χ2n) is 5.14. The lowest BCUT2D eigenvalue weighted by molar-refractivity contribution is -0.121. The number of amides is 1. The minimum absolute atomic E-state index is 0.0368. The number of sulfonamides is 1. The average Bonchev–Trinajstić information content (AvgIpc) is 2.52. The van der Waals surface area contributed by atoms with E-state index in [2.05, 4.69) is 5.32 Å². The summed E-state index contributed by atoms with van der Waals surface area (Å²) in [5, 5.41) is 2.64. The van der Waals surface area contributed by atoms with Gasteiger partial charge in [-0.05, 0) is 31.4 Å². The Labute approximate surface area is 135 Å². The van der Waals surface area contributed by atoms with Gasteiger partial charge in [-0.15, -0.1) is 0 Å². The first-order valence-electron chi connectivity index (χ1n) is 7.41. The largest absolute Gasteiger partial charge is 0.356 e. The van der Waals surface area contributed by atoms with Crippen molar-refractivity contribution < 1.29 is 22.0 Å². The lowest BCUT2D eigenvalue weighted by Crippen LogP contribution is -2.32. The molecule has 0 aliphatic heterocycles. The molecule has 0 aromatic heterocycles. The predicted molar refractivity (Wildman–Crippen MR) is 84.4 cm³/mol. The van der Waals surface area contributed by atoms with Gasteiger partial charge in [0.15, 0.2) is 11.6 Å². The van der Waals surface area contributed by atoms with E-state index in [0.717, 1.165) is 6.07 Å². The zero-order valence-corrected chi connectivity index (χ0v) is 14.1. The van der Waals surface area contributed by atoms with Crippen LogP contribution in [0.3, 0.4) is 0 Å². The first-order chi connectivity index (χ1) is 10.8. The highest BCUT2D eigenvalue weighted by molar-refractivity contribution is 7.89. The van der Waals surface area contributed by atoms with E-state index < -0.39 is 21.7 Å². The molecule has 0 saturated carbocycles. The lowest BCUT2D eigenvalue weighted by atomic mass is 10.1. The Balaban J connectivity index is 2.29. The number of rotatable bonds is 9. The molecular formula is C15H22F2N2O3S. The Bertz CT molecular complexity index is 636. The van der Waals surface area contributed by atoms with Crippen LogP contribution in [0, 0.1) is 11.6 Å². The van der Waals surface area contributed by atoms with Gasteiger partial charge in [0.1, 0.15) is 0 Å². The molecule has 0 atom stereocenters. The van der Waals surface area contributed by atoms with Crippen molar-refractivity contribution in [3.63, 3.8) is 0 Å². The summed E-state index contributed by atoms with van der Waals surface area (Å²) in [5.74, 6) is -2.10. The van der Waals surface area contributed by atoms with Crippen molar-refractivity contribution in [3.8, 4) is 0 Å². The lowest BCUT2D eigenvalue weighted by Gasteiger charge is -2.15. The predicted octanol–water partition coefficient (Wildman–Crippen LogP) is 1.69. The fourth-order valence-electron chi connectivity index (χ4n) is 1.97. The molecule has 0 spiro atoms. The summed E-state index contributed by atoms with van der Waals surface area (Å²) in [7, 11) is -1.72. The number of nitrogens with zero attached hydrogens (tertiary/aromatic N) is 1. The van der Waals surface area contributed by atoms with Gasteiger partial charge in [0.05, 0.1) is 5.75 Å². The van der Waals surface area contributed by atoms with Crippen LogP contribution < -0.4 is 5.32 Å². The summed E-state index contributed by atoms with van der Waals surface area (Å²) >= 11 is 0. The molecule has 23 heavy (non-hydrogen) atoms. The van der Waals surface area contributed by atoms with Gasteiger partial charge in [-0.3, -0.25) is 4.79 Å². The Morgan fingerprint density at radius 2 is 2.00 bits per heavy atom. The molecule has 8 heteroatoms. The number of hydrogen-bond donors (Lipinski definition) is 1. The van der Waals surface area contributed by atoms with Gasteiger partial charge < -0.3 is 5.32 Å². The number of nitrogens with one attached hydrogen (secondary N) is 1. The number of halogens is 2. The molecule has 1 aromatic carbocycles. The van der Waals surface area contributed by atoms with Gasteiger partial charge >= 0.3 is 0 Å². The van der Waals surface area contributed by atoms with Gasteiger partial charge in [-0.2, -0.15) is 0 Å². The van der Waals surface area contributed by atoms with Crippen molar-refractivity contribution >= 4 is 15.9 Å². The van der Waals surface area contributed by atoms with Crippen LogP contribution in [0.2, 0.25) is 0 Å². The molecule has 0 unspecified atom stereocenters. The maximum absolute atomic E-state index is 13.4. The maximum atomic E-state index is 13.4. The number of aryl methyl sites for hydroxylation is 1. The first kappa shape index (κ1) is 19.5. The monoisotopic (exact) mass is 348 g/mol. The van der Waals surface area contributed by atoms with Gasteiger partial charge in [0, 0.05) is 26.6 Å². The van der Waals surface area contributed by atoms with Crippen molar-refractivity contribution in [3.05, 3.63) is 35.4 Å². The Morgan fingerprint density at radius 1 is 1.30 bits per heavy atom. The number of benzene rings is 1. The van der Waals surface area contributed by atoms with Crippen LogP contribution >= 0.6 is 0 Å². The summed E-state index contributed by atoms with van der Waals surface area (Å²) < 4.78 is 50.7. The van der Waals surface area contributed by atoms with Crippen molar-refractivity contribution in [1.82, 2.24) is 9.62 Å². The minimum atomic E-state index is -3.21. The Hall–Kier alpha value is -1.54. The average molecular weight is 348 g/mol. The second-order valence-corrected chi connectivity index (χ2v) is 7.50.